The molecule has 1 amide bonds. The standard InChI is InChI=1S/C7H12N2O/c1-6(2)9-5-8-4-3-7(9)10/h4,6H,3,5H2,1-2H3. The molecule has 10 heavy (non-hydrogen) atoms. The summed E-state index contributed by atoms with van der Waals surface area (Å²) in [7, 11) is 0. The molecule has 3 nitrogen and oxygen atoms in total. The molecule has 0 aromatic rings. The van der Waals surface area contributed by atoms with Crippen molar-refractivity contribution in [1.82, 2.24) is 4.90 Å². The summed E-state index contributed by atoms with van der Waals surface area (Å²) < 4.78 is 0. The van der Waals surface area contributed by atoms with Crippen LogP contribution in [-0.2, 0) is 4.79 Å². The first-order chi connectivity index (χ1) is 4.72. The van der Waals surface area contributed by atoms with Crippen LogP contribution in [0.25, 0.3) is 0 Å². The first kappa shape index (κ1) is 7.25. The SMILES string of the molecule is CC(C)N1CN=CCC1=O. The van der Waals surface area contributed by atoms with E-state index in [0.717, 1.165) is 0 Å². The molecule has 1 aliphatic rings. The molecule has 0 saturated carbocycles. The van der Waals surface area contributed by atoms with Crippen molar-refractivity contribution in [3.63, 3.8) is 0 Å². The van der Waals surface area contributed by atoms with Crippen molar-refractivity contribution >= 4 is 12.1 Å². The van der Waals surface area contributed by atoms with Crippen molar-refractivity contribution in [2.75, 3.05) is 6.67 Å². The summed E-state index contributed by atoms with van der Waals surface area (Å²) >= 11 is 0. The maximum atomic E-state index is 11.1. The number of hydrogen-bond acceptors (Lipinski definition) is 2. The molecule has 0 unspecified atom stereocenters. The molecule has 1 aliphatic heterocycles. The largest absolute Gasteiger partial charge is 0.320 e. The molecule has 0 aromatic carbocycles. The van der Waals surface area contributed by atoms with Crippen LogP contribution in [0, 0.1) is 0 Å². The lowest BCUT2D eigenvalue weighted by Crippen LogP contribution is -2.39. The summed E-state index contributed by atoms with van der Waals surface area (Å²) in [5.74, 6) is 0.185. The Hall–Kier alpha value is -0.860. The summed E-state index contributed by atoms with van der Waals surface area (Å²) in [6.07, 6.45) is 2.15. The lowest BCUT2D eigenvalue weighted by Gasteiger charge is -2.26. The number of nitrogens with zero attached hydrogens (tertiary/aromatic N) is 2. The normalized spacial score (nSPS) is 18.7. The van der Waals surface area contributed by atoms with E-state index in [0.29, 0.717) is 13.1 Å². The van der Waals surface area contributed by atoms with E-state index in [2.05, 4.69) is 4.99 Å². The molecule has 0 aromatic heterocycles. The fourth-order valence-electron chi connectivity index (χ4n) is 0.936. The van der Waals surface area contributed by atoms with Crippen molar-refractivity contribution < 1.29 is 4.79 Å². The van der Waals surface area contributed by atoms with Crippen LogP contribution in [0.4, 0.5) is 0 Å². The van der Waals surface area contributed by atoms with Gasteiger partial charge in [-0.2, -0.15) is 0 Å². The summed E-state index contributed by atoms with van der Waals surface area (Å²) in [6, 6.07) is 0.282. The van der Waals surface area contributed by atoms with E-state index in [1.165, 1.54) is 0 Å². The molecule has 0 saturated heterocycles. The highest BCUT2D eigenvalue weighted by molar-refractivity contribution is 5.91. The number of amides is 1. The van der Waals surface area contributed by atoms with Gasteiger partial charge in [-0.25, -0.2) is 0 Å². The molecular formula is C7H12N2O. The quantitative estimate of drug-likeness (QED) is 0.526. The Morgan fingerprint density at radius 3 is 2.80 bits per heavy atom. The lowest BCUT2D eigenvalue weighted by molar-refractivity contribution is -0.131. The number of carbonyl (C=O) groups excluding carboxylic acids is 1. The lowest BCUT2D eigenvalue weighted by atomic mass is 10.3. The predicted octanol–water partition coefficient (Wildman–Crippen LogP) is 0.655. The fraction of sp³-hybridized carbons (Fsp3) is 0.714. The highest BCUT2D eigenvalue weighted by Gasteiger charge is 2.17. The van der Waals surface area contributed by atoms with E-state index >= 15 is 0 Å². The van der Waals surface area contributed by atoms with E-state index in [9.17, 15) is 4.79 Å². The Balaban J connectivity index is 2.59. The van der Waals surface area contributed by atoms with Gasteiger partial charge in [0.1, 0.15) is 6.67 Å². The smallest absolute Gasteiger partial charge is 0.229 e. The zero-order chi connectivity index (χ0) is 7.56. The molecule has 0 atom stereocenters. The van der Waals surface area contributed by atoms with E-state index < -0.39 is 0 Å². The summed E-state index contributed by atoms with van der Waals surface area (Å²) in [5.41, 5.74) is 0. The van der Waals surface area contributed by atoms with Crippen LogP contribution in [0.1, 0.15) is 20.3 Å². The minimum atomic E-state index is 0.185. The van der Waals surface area contributed by atoms with Gasteiger partial charge in [0, 0.05) is 12.3 Å². The molecule has 0 N–H and O–H groups in total. The van der Waals surface area contributed by atoms with Crippen LogP contribution in [0.5, 0.6) is 0 Å². The molecule has 56 valence electrons. The van der Waals surface area contributed by atoms with Gasteiger partial charge in [-0.05, 0) is 13.8 Å². The van der Waals surface area contributed by atoms with Crippen LogP contribution in [0.15, 0.2) is 4.99 Å². The van der Waals surface area contributed by atoms with Crippen LogP contribution in [0.2, 0.25) is 0 Å². The summed E-state index contributed by atoms with van der Waals surface area (Å²) in [4.78, 5) is 16.8. The van der Waals surface area contributed by atoms with Gasteiger partial charge in [-0.15, -0.1) is 0 Å². The van der Waals surface area contributed by atoms with Gasteiger partial charge in [0.2, 0.25) is 5.91 Å². The van der Waals surface area contributed by atoms with Gasteiger partial charge < -0.3 is 4.90 Å². The van der Waals surface area contributed by atoms with Crippen LogP contribution < -0.4 is 0 Å². The third-order valence-electron chi connectivity index (χ3n) is 1.57. The molecule has 1 heterocycles. The van der Waals surface area contributed by atoms with Gasteiger partial charge in [0.15, 0.2) is 0 Å². The van der Waals surface area contributed by atoms with Gasteiger partial charge >= 0.3 is 0 Å². The topological polar surface area (TPSA) is 32.7 Å². The van der Waals surface area contributed by atoms with Gasteiger partial charge in [0.05, 0.1) is 6.42 Å². The van der Waals surface area contributed by atoms with Crippen molar-refractivity contribution in [2.24, 2.45) is 4.99 Å². The van der Waals surface area contributed by atoms with Gasteiger partial charge in [-0.1, -0.05) is 0 Å². The molecule has 0 fully saturated rings. The first-order valence-electron chi connectivity index (χ1n) is 3.49. The van der Waals surface area contributed by atoms with E-state index in [-0.39, 0.29) is 11.9 Å². The minimum Gasteiger partial charge on any atom is -0.320 e. The molecule has 0 aliphatic carbocycles. The molecule has 3 heteroatoms. The third kappa shape index (κ3) is 1.35. The predicted molar refractivity (Wildman–Crippen MR) is 40.0 cm³/mol. The van der Waals surface area contributed by atoms with Crippen molar-refractivity contribution in [3.05, 3.63) is 0 Å². The van der Waals surface area contributed by atoms with Crippen LogP contribution >= 0.6 is 0 Å². The summed E-state index contributed by atoms with van der Waals surface area (Å²) in [6.45, 7) is 4.54. The van der Waals surface area contributed by atoms with Crippen LogP contribution in [0.3, 0.4) is 0 Å². The highest BCUT2D eigenvalue weighted by Crippen LogP contribution is 2.04. The summed E-state index contributed by atoms with van der Waals surface area (Å²) in [5, 5.41) is 0. The van der Waals surface area contributed by atoms with Crippen molar-refractivity contribution in [2.45, 2.75) is 26.3 Å². The van der Waals surface area contributed by atoms with Crippen LogP contribution in [-0.4, -0.2) is 29.7 Å². The first-order valence-corrected chi connectivity index (χ1v) is 3.49. The Kier molecular flexibility index (Phi) is 2.04. The Morgan fingerprint density at radius 2 is 2.40 bits per heavy atom. The van der Waals surface area contributed by atoms with Gasteiger partial charge in [-0.3, -0.25) is 9.79 Å². The second-order valence-corrected chi connectivity index (χ2v) is 2.67. The molecule has 0 spiro atoms. The monoisotopic (exact) mass is 140 g/mol. The number of hydrogen-bond donors (Lipinski definition) is 0. The maximum absolute atomic E-state index is 11.1. The van der Waals surface area contributed by atoms with Crippen molar-refractivity contribution in [1.29, 1.82) is 0 Å². The zero-order valence-electron chi connectivity index (χ0n) is 6.37. The average Bonchev–Trinajstić information content (AvgIpc) is 1.88. The molecule has 0 radical (unpaired) electrons. The van der Waals surface area contributed by atoms with E-state index in [1.807, 2.05) is 13.8 Å². The highest BCUT2D eigenvalue weighted by atomic mass is 16.2. The second-order valence-electron chi connectivity index (χ2n) is 2.67. The van der Waals surface area contributed by atoms with E-state index in [1.54, 1.807) is 11.1 Å². The molecular weight excluding hydrogens is 128 g/mol. The maximum Gasteiger partial charge on any atom is 0.229 e. The Morgan fingerprint density at radius 1 is 1.70 bits per heavy atom. The third-order valence-corrected chi connectivity index (χ3v) is 1.57. The number of aliphatic imine (C=N–C) groups is 1. The van der Waals surface area contributed by atoms with Gasteiger partial charge in [0.25, 0.3) is 0 Å². The van der Waals surface area contributed by atoms with Crippen molar-refractivity contribution in [3.8, 4) is 0 Å². The average molecular weight is 140 g/mol. The molecule has 0 bridgehead atoms. The number of rotatable bonds is 1. The van der Waals surface area contributed by atoms with E-state index in [4.69, 9.17) is 0 Å². The zero-order valence-corrected chi connectivity index (χ0v) is 6.37. The fourth-order valence-corrected chi connectivity index (χ4v) is 0.936. The number of carbonyl (C=O) groups is 1. The molecule has 1 rings (SSSR count). The minimum absolute atomic E-state index is 0.185. The Bertz CT molecular complexity index is 163. The second kappa shape index (κ2) is 2.82. The Labute approximate surface area is 60.7 Å².